The van der Waals surface area contributed by atoms with Crippen LogP contribution in [0.4, 0.5) is 5.69 Å². The van der Waals surface area contributed by atoms with Crippen molar-refractivity contribution in [1.29, 1.82) is 0 Å². The summed E-state index contributed by atoms with van der Waals surface area (Å²) in [5.41, 5.74) is 9.37. The van der Waals surface area contributed by atoms with Gasteiger partial charge in [-0.1, -0.05) is 29.8 Å². The van der Waals surface area contributed by atoms with Crippen molar-refractivity contribution in [2.45, 2.75) is 6.92 Å². The molecule has 0 bridgehead atoms. The van der Waals surface area contributed by atoms with E-state index in [9.17, 15) is 0 Å². The molecule has 20 heavy (non-hydrogen) atoms. The molecule has 1 heterocycles. The molecule has 0 unspecified atom stereocenters. The minimum absolute atomic E-state index is 0.591. The number of para-hydroxylation sites is 1. The second-order valence-corrected chi connectivity index (χ2v) is 4.87. The number of anilines is 1. The molecular weight excluding hydrogens is 274 g/mol. The van der Waals surface area contributed by atoms with Gasteiger partial charge >= 0.3 is 0 Å². The lowest BCUT2D eigenvalue weighted by atomic mass is 10.1. The zero-order valence-electron chi connectivity index (χ0n) is 10.8. The molecule has 2 aromatic carbocycles. The van der Waals surface area contributed by atoms with E-state index in [0.29, 0.717) is 16.5 Å². The van der Waals surface area contributed by atoms with Gasteiger partial charge in [0.2, 0.25) is 0 Å². The van der Waals surface area contributed by atoms with Gasteiger partial charge in [-0.2, -0.15) is 4.68 Å². The molecule has 3 rings (SSSR count). The molecule has 2 N–H and O–H groups in total. The first-order chi connectivity index (χ1) is 9.66. The van der Waals surface area contributed by atoms with Crippen LogP contribution in [0, 0.1) is 6.92 Å². The van der Waals surface area contributed by atoms with Gasteiger partial charge in [-0.25, -0.2) is 0 Å². The summed E-state index contributed by atoms with van der Waals surface area (Å²) in [5, 5.41) is 12.5. The highest BCUT2D eigenvalue weighted by Gasteiger charge is 2.14. The lowest BCUT2D eigenvalue weighted by Crippen LogP contribution is -2.02. The fourth-order valence-corrected chi connectivity index (χ4v) is 2.20. The first-order valence-corrected chi connectivity index (χ1v) is 6.44. The lowest BCUT2D eigenvalue weighted by molar-refractivity contribution is 0.791. The number of rotatable bonds is 2. The van der Waals surface area contributed by atoms with Crippen molar-refractivity contribution in [2.75, 3.05) is 5.73 Å². The lowest BCUT2D eigenvalue weighted by Gasteiger charge is -2.08. The van der Waals surface area contributed by atoms with Gasteiger partial charge in [-0.15, -0.1) is 5.10 Å². The molecule has 0 atom stereocenters. The Morgan fingerprint density at radius 2 is 1.95 bits per heavy atom. The summed E-state index contributed by atoms with van der Waals surface area (Å²) >= 11 is 6.01. The molecule has 1 aromatic heterocycles. The zero-order valence-corrected chi connectivity index (χ0v) is 11.5. The maximum Gasteiger partial charge on any atom is 0.189 e. The Kier molecular flexibility index (Phi) is 3.12. The van der Waals surface area contributed by atoms with E-state index in [-0.39, 0.29) is 0 Å². The molecule has 6 heteroatoms. The van der Waals surface area contributed by atoms with E-state index in [4.69, 9.17) is 17.3 Å². The van der Waals surface area contributed by atoms with E-state index < -0.39 is 0 Å². The van der Waals surface area contributed by atoms with Crippen LogP contribution in [0.15, 0.2) is 42.5 Å². The van der Waals surface area contributed by atoms with Crippen LogP contribution in [0.3, 0.4) is 0 Å². The number of tetrazole rings is 1. The molecule has 0 fully saturated rings. The van der Waals surface area contributed by atoms with Gasteiger partial charge in [-0.05, 0) is 47.2 Å². The SMILES string of the molecule is Cc1cccc(-c2nnnn2-c2cccc(Cl)c2)c1N. The van der Waals surface area contributed by atoms with Crippen molar-refractivity contribution in [2.24, 2.45) is 0 Å². The van der Waals surface area contributed by atoms with Crippen molar-refractivity contribution in [3.63, 3.8) is 0 Å². The van der Waals surface area contributed by atoms with E-state index in [1.54, 1.807) is 16.8 Å². The van der Waals surface area contributed by atoms with E-state index in [2.05, 4.69) is 15.5 Å². The van der Waals surface area contributed by atoms with Crippen molar-refractivity contribution in [1.82, 2.24) is 20.2 Å². The van der Waals surface area contributed by atoms with Crippen LogP contribution in [-0.4, -0.2) is 20.2 Å². The van der Waals surface area contributed by atoms with Crippen molar-refractivity contribution in [3.8, 4) is 17.1 Å². The topological polar surface area (TPSA) is 69.6 Å². The maximum absolute atomic E-state index is 6.12. The Morgan fingerprint density at radius 3 is 2.75 bits per heavy atom. The Morgan fingerprint density at radius 1 is 1.15 bits per heavy atom. The summed E-state index contributed by atoms with van der Waals surface area (Å²) in [6.45, 7) is 1.95. The fraction of sp³-hybridized carbons (Fsp3) is 0.0714. The van der Waals surface area contributed by atoms with Gasteiger partial charge in [-0.3, -0.25) is 0 Å². The van der Waals surface area contributed by atoms with Crippen LogP contribution in [0.1, 0.15) is 5.56 Å². The van der Waals surface area contributed by atoms with Gasteiger partial charge in [0.05, 0.1) is 5.69 Å². The molecule has 0 amide bonds. The van der Waals surface area contributed by atoms with Gasteiger partial charge < -0.3 is 5.73 Å². The highest BCUT2D eigenvalue weighted by Crippen LogP contribution is 2.28. The number of hydrogen-bond acceptors (Lipinski definition) is 4. The Bertz CT molecular complexity index is 766. The molecule has 0 saturated carbocycles. The predicted octanol–water partition coefficient (Wildman–Crippen LogP) is 2.87. The number of nitrogens with two attached hydrogens (primary N) is 1. The van der Waals surface area contributed by atoms with E-state index in [1.807, 2.05) is 37.3 Å². The highest BCUT2D eigenvalue weighted by atomic mass is 35.5. The normalized spacial score (nSPS) is 10.7. The standard InChI is InChI=1S/C14H12ClN5/c1-9-4-2-7-12(13(9)16)14-17-18-19-20(14)11-6-3-5-10(15)8-11/h2-8H,16H2,1H3. The minimum Gasteiger partial charge on any atom is -0.398 e. The number of aromatic nitrogens is 4. The number of benzene rings is 2. The largest absolute Gasteiger partial charge is 0.398 e. The second-order valence-electron chi connectivity index (χ2n) is 4.43. The van der Waals surface area contributed by atoms with Crippen LogP contribution >= 0.6 is 11.6 Å². The van der Waals surface area contributed by atoms with Gasteiger partial charge in [0, 0.05) is 16.3 Å². The maximum atomic E-state index is 6.12. The number of nitrogen functional groups attached to an aromatic ring is 1. The molecule has 0 radical (unpaired) electrons. The molecule has 0 spiro atoms. The first kappa shape index (κ1) is 12.6. The molecular formula is C14H12ClN5. The smallest absolute Gasteiger partial charge is 0.189 e. The number of hydrogen-bond donors (Lipinski definition) is 1. The highest BCUT2D eigenvalue weighted by molar-refractivity contribution is 6.30. The van der Waals surface area contributed by atoms with Crippen LogP contribution < -0.4 is 5.73 Å². The van der Waals surface area contributed by atoms with Gasteiger partial charge in [0.15, 0.2) is 5.82 Å². The van der Waals surface area contributed by atoms with Crippen LogP contribution in [0.25, 0.3) is 17.1 Å². The molecule has 0 aliphatic rings. The quantitative estimate of drug-likeness (QED) is 0.735. The second kappa shape index (κ2) is 4.94. The molecule has 0 aliphatic heterocycles. The van der Waals surface area contributed by atoms with Gasteiger partial charge in [0.25, 0.3) is 0 Å². The molecule has 0 saturated heterocycles. The van der Waals surface area contributed by atoms with E-state index in [1.165, 1.54) is 0 Å². The fourth-order valence-electron chi connectivity index (χ4n) is 2.01. The van der Waals surface area contributed by atoms with Crippen molar-refractivity contribution < 1.29 is 0 Å². The minimum atomic E-state index is 0.591. The summed E-state index contributed by atoms with van der Waals surface area (Å²) in [7, 11) is 0. The number of halogens is 1. The van der Waals surface area contributed by atoms with E-state index >= 15 is 0 Å². The van der Waals surface area contributed by atoms with Crippen molar-refractivity contribution >= 4 is 17.3 Å². The van der Waals surface area contributed by atoms with Crippen LogP contribution in [0.2, 0.25) is 5.02 Å². The number of aryl methyl sites for hydroxylation is 1. The van der Waals surface area contributed by atoms with Crippen LogP contribution in [-0.2, 0) is 0 Å². The Balaban J connectivity index is 2.18. The van der Waals surface area contributed by atoms with E-state index in [0.717, 1.165) is 16.8 Å². The zero-order chi connectivity index (χ0) is 14.1. The monoisotopic (exact) mass is 285 g/mol. The van der Waals surface area contributed by atoms with Crippen LogP contribution in [0.5, 0.6) is 0 Å². The summed E-state index contributed by atoms with van der Waals surface area (Å²) in [4.78, 5) is 0. The summed E-state index contributed by atoms with van der Waals surface area (Å²) in [5.74, 6) is 0.591. The molecule has 3 aromatic rings. The third kappa shape index (κ3) is 2.12. The summed E-state index contributed by atoms with van der Waals surface area (Å²) in [6.07, 6.45) is 0. The average Bonchev–Trinajstić information content (AvgIpc) is 2.91. The number of nitrogens with zero attached hydrogens (tertiary/aromatic N) is 4. The summed E-state index contributed by atoms with van der Waals surface area (Å²) in [6, 6.07) is 13.1. The van der Waals surface area contributed by atoms with Gasteiger partial charge in [0.1, 0.15) is 0 Å². The predicted molar refractivity (Wildman–Crippen MR) is 78.7 cm³/mol. The molecule has 0 aliphatic carbocycles. The molecule has 5 nitrogen and oxygen atoms in total. The Hall–Kier alpha value is -2.40. The van der Waals surface area contributed by atoms with Crippen molar-refractivity contribution in [3.05, 3.63) is 53.1 Å². The average molecular weight is 286 g/mol. The third-order valence-corrected chi connectivity index (χ3v) is 3.32. The molecule has 100 valence electrons. The third-order valence-electron chi connectivity index (χ3n) is 3.09. The first-order valence-electron chi connectivity index (χ1n) is 6.06. The summed E-state index contributed by atoms with van der Waals surface area (Å²) < 4.78 is 1.62. The Labute approximate surface area is 121 Å².